The summed E-state index contributed by atoms with van der Waals surface area (Å²) in [7, 11) is 0. The van der Waals surface area contributed by atoms with E-state index in [1.807, 2.05) is 0 Å². The Labute approximate surface area is 121 Å². The molecule has 1 aromatic rings. The lowest BCUT2D eigenvalue weighted by Crippen LogP contribution is -2.32. The van der Waals surface area contributed by atoms with Gasteiger partial charge < -0.3 is 10.1 Å². The molecule has 0 saturated heterocycles. The molecule has 0 unspecified atom stereocenters. The van der Waals surface area contributed by atoms with Gasteiger partial charge in [0, 0.05) is 12.6 Å². The third kappa shape index (κ3) is 6.51. The molecule has 0 aliphatic carbocycles. The summed E-state index contributed by atoms with van der Waals surface area (Å²) in [5, 5.41) is 13.1. The maximum Gasteiger partial charge on any atom is 0.407 e. The molecular weight excluding hydrogens is 279 g/mol. The number of carbonyl (C=O) groups is 1. The van der Waals surface area contributed by atoms with Gasteiger partial charge in [-0.2, -0.15) is 0 Å². The number of ether oxygens (including phenoxy) is 1. The number of alkyl carbamates (subject to hydrolysis) is 1. The predicted molar refractivity (Wildman–Crippen MR) is 76.3 cm³/mol. The van der Waals surface area contributed by atoms with Crippen LogP contribution in [0.2, 0.25) is 0 Å². The molecule has 0 fully saturated rings. The first-order chi connectivity index (χ1) is 9.67. The predicted octanol–water partition coefficient (Wildman–Crippen LogP) is 3.27. The van der Waals surface area contributed by atoms with Gasteiger partial charge in [-0.25, -0.2) is 9.18 Å². The quantitative estimate of drug-likeness (QED) is 0.683. The van der Waals surface area contributed by atoms with Gasteiger partial charge in [0.1, 0.15) is 11.4 Å². The molecule has 6 nitrogen and oxygen atoms in total. The number of nitro benzene ring substituents is 1. The fourth-order valence-corrected chi connectivity index (χ4v) is 1.45. The molecule has 7 heteroatoms. The van der Waals surface area contributed by atoms with Crippen molar-refractivity contribution in [3.05, 3.63) is 45.8 Å². The van der Waals surface area contributed by atoms with E-state index in [0.717, 1.165) is 12.1 Å². The maximum absolute atomic E-state index is 13.2. The molecule has 1 amide bonds. The number of halogens is 1. The van der Waals surface area contributed by atoms with Crippen molar-refractivity contribution < 1.29 is 18.8 Å². The van der Waals surface area contributed by atoms with Crippen LogP contribution in [0.15, 0.2) is 24.3 Å². The van der Waals surface area contributed by atoms with Gasteiger partial charge >= 0.3 is 6.09 Å². The van der Waals surface area contributed by atoms with Crippen LogP contribution in [0.1, 0.15) is 26.3 Å². The molecule has 0 aliphatic rings. The largest absolute Gasteiger partial charge is 0.444 e. The third-order valence-electron chi connectivity index (χ3n) is 2.19. The normalized spacial score (nSPS) is 11.4. The summed E-state index contributed by atoms with van der Waals surface area (Å²) >= 11 is 0. The minimum atomic E-state index is -0.691. The van der Waals surface area contributed by atoms with Crippen molar-refractivity contribution in [3.8, 4) is 0 Å². The number of hydrogen-bond acceptors (Lipinski definition) is 4. The average Bonchev–Trinajstić information content (AvgIpc) is 2.31. The third-order valence-corrected chi connectivity index (χ3v) is 2.19. The smallest absolute Gasteiger partial charge is 0.407 e. The number of amides is 1. The standard InChI is InChI=1S/C14H17FN2O4/c1-14(2,3)21-13(18)16-6-4-5-10-7-11(15)9-12(8-10)17(19)20/h4-5,7-9H,6H2,1-3H3,(H,16,18). The highest BCUT2D eigenvalue weighted by Gasteiger charge is 2.15. The van der Waals surface area contributed by atoms with Crippen LogP contribution in [0.25, 0.3) is 6.08 Å². The zero-order valence-corrected chi connectivity index (χ0v) is 12.1. The number of rotatable bonds is 4. The topological polar surface area (TPSA) is 81.5 Å². The highest BCUT2D eigenvalue weighted by Crippen LogP contribution is 2.17. The molecular formula is C14H17FN2O4. The Morgan fingerprint density at radius 3 is 2.67 bits per heavy atom. The summed E-state index contributed by atoms with van der Waals surface area (Å²) in [6.45, 7) is 5.40. The lowest BCUT2D eigenvalue weighted by Gasteiger charge is -2.19. The Kier molecular flexibility index (Phi) is 5.40. The number of nitrogens with one attached hydrogen (secondary N) is 1. The molecule has 1 aromatic carbocycles. The first kappa shape index (κ1) is 16.6. The zero-order valence-electron chi connectivity index (χ0n) is 12.1. The molecule has 114 valence electrons. The van der Waals surface area contributed by atoms with Gasteiger partial charge in [-0.3, -0.25) is 10.1 Å². The fraction of sp³-hybridized carbons (Fsp3) is 0.357. The van der Waals surface area contributed by atoms with E-state index >= 15 is 0 Å². The highest BCUT2D eigenvalue weighted by molar-refractivity contribution is 5.68. The number of nitrogens with zero attached hydrogens (tertiary/aromatic N) is 1. The van der Waals surface area contributed by atoms with E-state index in [0.29, 0.717) is 5.56 Å². The average molecular weight is 296 g/mol. The molecule has 0 aromatic heterocycles. The summed E-state index contributed by atoms with van der Waals surface area (Å²) in [6.07, 6.45) is 2.45. The number of hydrogen-bond donors (Lipinski definition) is 1. The van der Waals surface area contributed by atoms with Gasteiger partial charge in [-0.15, -0.1) is 0 Å². The van der Waals surface area contributed by atoms with Crippen molar-refractivity contribution in [1.82, 2.24) is 5.32 Å². The molecule has 0 spiro atoms. The van der Waals surface area contributed by atoms with E-state index in [2.05, 4.69) is 5.32 Å². The van der Waals surface area contributed by atoms with Gasteiger partial charge in [-0.05, 0) is 32.4 Å². The van der Waals surface area contributed by atoms with Crippen molar-refractivity contribution >= 4 is 17.9 Å². The van der Waals surface area contributed by atoms with Crippen LogP contribution in [0.4, 0.5) is 14.9 Å². The van der Waals surface area contributed by atoms with Crippen LogP contribution >= 0.6 is 0 Å². The van der Waals surface area contributed by atoms with Crippen LogP contribution in [0.5, 0.6) is 0 Å². The molecule has 21 heavy (non-hydrogen) atoms. The molecule has 1 rings (SSSR count). The minimum Gasteiger partial charge on any atom is -0.444 e. The maximum atomic E-state index is 13.2. The molecule has 0 saturated carbocycles. The molecule has 0 heterocycles. The number of nitro groups is 1. The van der Waals surface area contributed by atoms with E-state index in [1.165, 1.54) is 12.1 Å². The van der Waals surface area contributed by atoms with Gasteiger partial charge in [0.2, 0.25) is 0 Å². The van der Waals surface area contributed by atoms with Crippen molar-refractivity contribution in [2.45, 2.75) is 26.4 Å². The zero-order chi connectivity index (χ0) is 16.0. The van der Waals surface area contributed by atoms with E-state index in [-0.39, 0.29) is 12.2 Å². The van der Waals surface area contributed by atoms with Gasteiger partial charge in [0.15, 0.2) is 0 Å². The summed E-state index contributed by atoms with van der Waals surface area (Å²) in [5.74, 6) is -0.691. The summed E-state index contributed by atoms with van der Waals surface area (Å²) in [4.78, 5) is 21.3. The Bertz CT molecular complexity index is 565. The summed E-state index contributed by atoms with van der Waals surface area (Å²) in [5.41, 5.74) is -0.570. The van der Waals surface area contributed by atoms with Crippen LogP contribution in [-0.4, -0.2) is 23.2 Å². The van der Waals surface area contributed by atoms with Crippen molar-refractivity contribution in [2.75, 3.05) is 6.54 Å². The Hall–Kier alpha value is -2.44. The van der Waals surface area contributed by atoms with E-state index in [4.69, 9.17) is 4.74 Å². The van der Waals surface area contributed by atoms with Crippen molar-refractivity contribution in [3.63, 3.8) is 0 Å². The van der Waals surface area contributed by atoms with Gasteiger partial charge in [0.05, 0.1) is 11.0 Å². The Balaban J connectivity index is 2.58. The Morgan fingerprint density at radius 1 is 1.43 bits per heavy atom. The first-order valence-corrected chi connectivity index (χ1v) is 6.26. The van der Waals surface area contributed by atoms with E-state index < -0.39 is 22.4 Å². The van der Waals surface area contributed by atoms with Gasteiger partial charge in [-0.1, -0.05) is 12.2 Å². The monoisotopic (exact) mass is 296 g/mol. The lowest BCUT2D eigenvalue weighted by atomic mass is 10.2. The summed E-state index contributed by atoms with van der Waals surface area (Å²) in [6, 6.07) is 3.25. The molecule has 0 aliphatic heterocycles. The van der Waals surface area contributed by atoms with Crippen LogP contribution in [-0.2, 0) is 4.74 Å². The lowest BCUT2D eigenvalue weighted by molar-refractivity contribution is -0.385. The second kappa shape index (κ2) is 6.83. The molecule has 0 bridgehead atoms. The highest BCUT2D eigenvalue weighted by atomic mass is 19.1. The van der Waals surface area contributed by atoms with Crippen molar-refractivity contribution in [2.24, 2.45) is 0 Å². The van der Waals surface area contributed by atoms with Crippen LogP contribution in [0, 0.1) is 15.9 Å². The first-order valence-electron chi connectivity index (χ1n) is 6.26. The SMILES string of the molecule is CC(C)(C)OC(=O)NCC=Cc1cc(F)cc([N+](=O)[O-])c1. The molecule has 0 atom stereocenters. The number of non-ortho nitro benzene ring substituents is 1. The number of carbonyl (C=O) groups excluding carboxylic acids is 1. The van der Waals surface area contributed by atoms with Gasteiger partial charge in [0.25, 0.3) is 5.69 Å². The molecule has 0 radical (unpaired) electrons. The van der Waals surface area contributed by atoms with E-state index in [1.54, 1.807) is 26.8 Å². The minimum absolute atomic E-state index is 0.166. The van der Waals surface area contributed by atoms with Crippen molar-refractivity contribution in [1.29, 1.82) is 0 Å². The van der Waals surface area contributed by atoms with Crippen LogP contribution in [0.3, 0.4) is 0 Å². The van der Waals surface area contributed by atoms with Crippen LogP contribution < -0.4 is 5.32 Å². The Morgan fingerprint density at radius 2 is 2.10 bits per heavy atom. The number of benzene rings is 1. The fourth-order valence-electron chi connectivity index (χ4n) is 1.45. The second-order valence-electron chi connectivity index (χ2n) is 5.29. The molecule has 1 N–H and O–H groups in total. The second-order valence-corrected chi connectivity index (χ2v) is 5.29. The van der Waals surface area contributed by atoms with E-state index in [9.17, 15) is 19.3 Å². The summed E-state index contributed by atoms with van der Waals surface area (Å²) < 4.78 is 18.2.